The quantitative estimate of drug-likeness (QED) is 0.756. The number of hydrogen-bond donors (Lipinski definition) is 0. The van der Waals surface area contributed by atoms with Gasteiger partial charge in [-0.1, -0.05) is 30.3 Å². The second kappa shape index (κ2) is 5.40. The monoisotopic (exact) mass is 244 g/mol. The minimum absolute atomic E-state index is 0.104. The summed E-state index contributed by atoms with van der Waals surface area (Å²) in [5, 5.41) is 2.43. The molecule has 0 amide bonds. The molecule has 2 aromatic carbocycles. The van der Waals surface area contributed by atoms with Gasteiger partial charge in [0.05, 0.1) is 12.2 Å². The van der Waals surface area contributed by atoms with Crippen molar-refractivity contribution < 1.29 is 9.47 Å². The molecule has 2 nitrogen and oxygen atoms in total. The molecular weight excluding hydrogens is 224 g/mol. The number of ether oxygens (including phenoxy) is 2. The first-order chi connectivity index (χ1) is 8.54. The first-order valence-corrected chi connectivity index (χ1v) is 6.30. The van der Waals surface area contributed by atoms with Crippen LogP contribution in [0, 0.1) is 0 Å². The normalized spacial score (nSPS) is 11.7. The summed E-state index contributed by atoms with van der Waals surface area (Å²) in [6.07, 6.45) is 0. The third kappa shape index (κ3) is 3.74. The van der Waals surface area contributed by atoms with Gasteiger partial charge in [0.25, 0.3) is 0 Å². The summed E-state index contributed by atoms with van der Waals surface area (Å²) in [6.45, 7) is 7.32. The number of benzene rings is 2. The Balaban J connectivity index is 1.92. The zero-order valence-corrected chi connectivity index (χ0v) is 11.3. The van der Waals surface area contributed by atoms with Crippen LogP contribution in [0.15, 0.2) is 42.5 Å². The SMILES string of the molecule is CC(C)(C)OCCOc1ccc2ccccc2c1. The Bertz CT molecular complexity index is 512. The molecule has 0 bridgehead atoms. The van der Waals surface area contributed by atoms with E-state index in [1.807, 2.05) is 39.0 Å². The maximum atomic E-state index is 5.68. The van der Waals surface area contributed by atoms with Crippen molar-refractivity contribution in [2.45, 2.75) is 26.4 Å². The predicted octanol–water partition coefficient (Wildman–Crippen LogP) is 4.03. The summed E-state index contributed by atoms with van der Waals surface area (Å²) in [5.74, 6) is 0.895. The smallest absolute Gasteiger partial charge is 0.120 e. The Labute approximate surface area is 109 Å². The molecule has 0 atom stereocenters. The number of rotatable bonds is 4. The van der Waals surface area contributed by atoms with Crippen LogP contribution in [0.1, 0.15) is 20.8 Å². The molecule has 0 heterocycles. The molecule has 0 aromatic heterocycles. The summed E-state index contributed by atoms with van der Waals surface area (Å²) in [4.78, 5) is 0. The van der Waals surface area contributed by atoms with Gasteiger partial charge in [0, 0.05) is 0 Å². The Morgan fingerprint density at radius 3 is 2.33 bits per heavy atom. The zero-order valence-electron chi connectivity index (χ0n) is 11.3. The van der Waals surface area contributed by atoms with Crippen molar-refractivity contribution in [3.8, 4) is 5.75 Å². The maximum absolute atomic E-state index is 5.68. The van der Waals surface area contributed by atoms with Gasteiger partial charge in [0.15, 0.2) is 0 Å². The molecule has 2 aromatic rings. The fraction of sp³-hybridized carbons (Fsp3) is 0.375. The van der Waals surface area contributed by atoms with E-state index in [1.54, 1.807) is 0 Å². The van der Waals surface area contributed by atoms with Crippen LogP contribution < -0.4 is 4.74 Å². The molecule has 0 aliphatic heterocycles. The molecule has 0 radical (unpaired) electrons. The van der Waals surface area contributed by atoms with Crippen molar-refractivity contribution in [1.82, 2.24) is 0 Å². The van der Waals surface area contributed by atoms with Crippen LogP contribution in [0.4, 0.5) is 0 Å². The Morgan fingerprint density at radius 1 is 0.889 bits per heavy atom. The van der Waals surface area contributed by atoms with Crippen molar-refractivity contribution in [1.29, 1.82) is 0 Å². The lowest BCUT2D eigenvalue weighted by Gasteiger charge is -2.19. The van der Waals surface area contributed by atoms with Gasteiger partial charge in [-0.05, 0) is 43.7 Å². The van der Waals surface area contributed by atoms with E-state index in [1.165, 1.54) is 10.8 Å². The third-order valence-corrected chi connectivity index (χ3v) is 2.61. The Kier molecular flexibility index (Phi) is 3.87. The molecule has 2 heteroatoms. The van der Waals surface area contributed by atoms with Gasteiger partial charge in [-0.25, -0.2) is 0 Å². The van der Waals surface area contributed by atoms with Gasteiger partial charge in [0.2, 0.25) is 0 Å². The molecule has 0 spiro atoms. The Morgan fingerprint density at radius 2 is 1.61 bits per heavy atom. The second-order valence-electron chi connectivity index (χ2n) is 5.32. The minimum Gasteiger partial charge on any atom is -0.491 e. The summed E-state index contributed by atoms with van der Waals surface area (Å²) in [5.41, 5.74) is -0.104. The molecule has 0 fully saturated rings. The van der Waals surface area contributed by atoms with Gasteiger partial charge in [-0.2, -0.15) is 0 Å². The number of hydrogen-bond acceptors (Lipinski definition) is 2. The summed E-state index contributed by atoms with van der Waals surface area (Å²) < 4.78 is 11.3. The maximum Gasteiger partial charge on any atom is 0.120 e. The van der Waals surface area contributed by atoms with Crippen LogP contribution >= 0.6 is 0 Å². The highest BCUT2D eigenvalue weighted by Gasteiger charge is 2.09. The molecular formula is C16H20O2. The zero-order chi connectivity index (χ0) is 13.0. The summed E-state index contributed by atoms with van der Waals surface area (Å²) in [7, 11) is 0. The molecule has 2 rings (SSSR count). The molecule has 18 heavy (non-hydrogen) atoms. The van der Waals surface area contributed by atoms with Crippen LogP contribution in [-0.2, 0) is 4.74 Å². The fourth-order valence-electron chi connectivity index (χ4n) is 1.76. The van der Waals surface area contributed by atoms with Crippen molar-refractivity contribution in [3.05, 3.63) is 42.5 Å². The van der Waals surface area contributed by atoms with Gasteiger partial charge < -0.3 is 9.47 Å². The first kappa shape index (κ1) is 12.9. The van der Waals surface area contributed by atoms with E-state index in [9.17, 15) is 0 Å². The molecule has 0 aliphatic rings. The highest BCUT2D eigenvalue weighted by Crippen LogP contribution is 2.20. The topological polar surface area (TPSA) is 18.5 Å². The van der Waals surface area contributed by atoms with Crippen molar-refractivity contribution >= 4 is 10.8 Å². The van der Waals surface area contributed by atoms with Crippen LogP contribution in [0.5, 0.6) is 5.75 Å². The van der Waals surface area contributed by atoms with E-state index in [-0.39, 0.29) is 5.60 Å². The highest BCUT2D eigenvalue weighted by atomic mass is 16.5. The van der Waals surface area contributed by atoms with E-state index < -0.39 is 0 Å². The molecule has 0 saturated heterocycles. The van der Waals surface area contributed by atoms with Crippen molar-refractivity contribution in [2.24, 2.45) is 0 Å². The van der Waals surface area contributed by atoms with Gasteiger partial charge in [0.1, 0.15) is 12.4 Å². The van der Waals surface area contributed by atoms with E-state index >= 15 is 0 Å². The van der Waals surface area contributed by atoms with E-state index in [4.69, 9.17) is 9.47 Å². The van der Waals surface area contributed by atoms with E-state index in [2.05, 4.69) is 24.3 Å². The van der Waals surface area contributed by atoms with Crippen LogP contribution in [-0.4, -0.2) is 18.8 Å². The summed E-state index contributed by atoms with van der Waals surface area (Å²) in [6, 6.07) is 14.4. The second-order valence-corrected chi connectivity index (χ2v) is 5.32. The number of fused-ring (bicyclic) bond motifs is 1. The lowest BCUT2D eigenvalue weighted by molar-refractivity contribution is -0.0162. The van der Waals surface area contributed by atoms with Crippen molar-refractivity contribution in [2.75, 3.05) is 13.2 Å². The lowest BCUT2D eigenvalue weighted by Crippen LogP contribution is -2.22. The van der Waals surface area contributed by atoms with Crippen LogP contribution in [0.25, 0.3) is 10.8 Å². The molecule has 0 saturated carbocycles. The standard InChI is InChI=1S/C16H20O2/c1-16(2,3)18-11-10-17-15-9-8-13-6-4-5-7-14(13)12-15/h4-9,12H,10-11H2,1-3H3. The fourth-order valence-corrected chi connectivity index (χ4v) is 1.76. The third-order valence-electron chi connectivity index (χ3n) is 2.61. The largest absolute Gasteiger partial charge is 0.491 e. The van der Waals surface area contributed by atoms with Crippen LogP contribution in [0.3, 0.4) is 0 Å². The molecule has 0 N–H and O–H groups in total. The predicted molar refractivity (Wildman–Crippen MR) is 75.1 cm³/mol. The van der Waals surface area contributed by atoms with E-state index in [0.717, 1.165) is 5.75 Å². The van der Waals surface area contributed by atoms with Gasteiger partial charge in [-0.15, -0.1) is 0 Å². The van der Waals surface area contributed by atoms with Crippen LogP contribution in [0.2, 0.25) is 0 Å². The van der Waals surface area contributed by atoms with Crippen molar-refractivity contribution in [3.63, 3.8) is 0 Å². The minimum atomic E-state index is -0.104. The molecule has 0 aliphatic carbocycles. The summed E-state index contributed by atoms with van der Waals surface area (Å²) >= 11 is 0. The molecule has 96 valence electrons. The van der Waals surface area contributed by atoms with Gasteiger partial charge >= 0.3 is 0 Å². The first-order valence-electron chi connectivity index (χ1n) is 6.30. The Hall–Kier alpha value is -1.54. The van der Waals surface area contributed by atoms with E-state index in [0.29, 0.717) is 13.2 Å². The lowest BCUT2D eigenvalue weighted by atomic mass is 10.1. The van der Waals surface area contributed by atoms with Gasteiger partial charge in [-0.3, -0.25) is 0 Å². The molecule has 0 unspecified atom stereocenters. The average molecular weight is 244 g/mol. The average Bonchev–Trinajstić information content (AvgIpc) is 2.33. The highest BCUT2D eigenvalue weighted by molar-refractivity contribution is 5.83.